The molecule has 1 fully saturated rings. The summed E-state index contributed by atoms with van der Waals surface area (Å²) in [4.78, 5) is 0. The summed E-state index contributed by atoms with van der Waals surface area (Å²) in [6, 6.07) is 0. The van der Waals surface area contributed by atoms with Crippen molar-refractivity contribution in [2.24, 2.45) is 0 Å². The van der Waals surface area contributed by atoms with E-state index in [0.29, 0.717) is 0 Å². The lowest BCUT2D eigenvalue weighted by atomic mass is 9.83. The Morgan fingerprint density at radius 3 is 1.83 bits per heavy atom. The van der Waals surface area contributed by atoms with Crippen molar-refractivity contribution in [3.63, 3.8) is 0 Å². The molecule has 1 aliphatic heterocycles. The molecule has 0 radical (unpaired) electrons. The molecule has 5 heteroatoms. The van der Waals surface area contributed by atoms with Crippen LogP contribution in [-0.2, 0) is 4.52 Å². The van der Waals surface area contributed by atoms with Crippen molar-refractivity contribution in [1.82, 2.24) is 9.42 Å². The van der Waals surface area contributed by atoms with Crippen LogP contribution in [0.4, 0.5) is 0 Å². The highest BCUT2D eigenvalue weighted by atomic mass is 31.2. The third kappa shape index (κ3) is 4.01. The Hall–Kier alpha value is 0.527. The molecule has 0 aliphatic carbocycles. The van der Waals surface area contributed by atoms with Crippen LogP contribution in [0.15, 0.2) is 0 Å². The Bertz CT molecular complexity index is 273. The summed E-state index contributed by atoms with van der Waals surface area (Å²) >= 11 is 0. The summed E-state index contributed by atoms with van der Waals surface area (Å²) in [5, 5.41) is 0. The normalized spacial score (nSPS) is 26.0. The number of hydrogen-bond acceptors (Lipinski definition) is 3. The van der Waals surface area contributed by atoms with Gasteiger partial charge in [-0.05, 0) is 47.0 Å². The van der Waals surface area contributed by atoms with Gasteiger partial charge in [0.2, 0.25) is 0 Å². The summed E-state index contributed by atoms with van der Waals surface area (Å²) in [5.41, 5.74) is 0.437. The SMILES string of the molecule is COP(N[Si](C)(C)C)N1C(C)(C)CCCC1(C)C. The van der Waals surface area contributed by atoms with Gasteiger partial charge < -0.3 is 4.52 Å². The molecule has 108 valence electrons. The highest BCUT2D eigenvalue weighted by Gasteiger charge is 2.46. The number of rotatable bonds is 4. The molecule has 0 aromatic carbocycles. The summed E-state index contributed by atoms with van der Waals surface area (Å²) in [6.45, 7) is 16.4. The average Bonchev–Trinajstić information content (AvgIpc) is 2.11. The van der Waals surface area contributed by atoms with Crippen LogP contribution < -0.4 is 4.75 Å². The summed E-state index contributed by atoms with van der Waals surface area (Å²) in [7, 11) is -0.187. The molecule has 0 aromatic rings. The minimum atomic E-state index is -1.34. The van der Waals surface area contributed by atoms with Crippen LogP contribution in [0.5, 0.6) is 0 Å². The van der Waals surface area contributed by atoms with E-state index in [1.807, 2.05) is 7.11 Å². The molecule has 1 atom stereocenters. The van der Waals surface area contributed by atoms with Gasteiger partial charge in [-0.15, -0.1) is 0 Å². The molecule has 0 spiro atoms. The minimum absolute atomic E-state index is 0.218. The Kier molecular flexibility index (Phi) is 5.06. The fourth-order valence-corrected chi connectivity index (χ4v) is 7.35. The first-order valence-electron chi connectivity index (χ1n) is 6.92. The van der Waals surface area contributed by atoms with Gasteiger partial charge in [-0.25, -0.2) is 4.67 Å². The fourth-order valence-electron chi connectivity index (χ4n) is 2.94. The highest BCUT2D eigenvalue weighted by Crippen LogP contribution is 2.53. The zero-order valence-corrected chi connectivity index (χ0v) is 15.3. The summed E-state index contributed by atoms with van der Waals surface area (Å²) in [6.07, 6.45) is 3.83. The number of nitrogens with zero attached hydrogens (tertiary/aromatic N) is 1. The zero-order valence-electron chi connectivity index (χ0n) is 13.4. The van der Waals surface area contributed by atoms with Crippen LogP contribution in [0.3, 0.4) is 0 Å². The lowest BCUT2D eigenvalue weighted by Gasteiger charge is -2.55. The first-order valence-corrected chi connectivity index (χ1v) is 11.6. The molecule has 1 rings (SSSR count). The van der Waals surface area contributed by atoms with E-state index < -0.39 is 16.7 Å². The van der Waals surface area contributed by atoms with Crippen molar-refractivity contribution in [2.75, 3.05) is 7.11 Å². The largest absolute Gasteiger partial charge is 0.335 e. The first kappa shape index (κ1) is 16.6. The van der Waals surface area contributed by atoms with Crippen LogP contribution in [0.1, 0.15) is 47.0 Å². The average molecular weight is 290 g/mol. The lowest BCUT2D eigenvalue weighted by Crippen LogP contribution is -2.58. The molecule has 0 bridgehead atoms. The Morgan fingerprint density at radius 2 is 1.50 bits per heavy atom. The summed E-state index contributed by atoms with van der Waals surface area (Å²) < 4.78 is 12.3. The van der Waals surface area contributed by atoms with Crippen molar-refractivity contribution in [2.45, 2.75) is 77.7 Å². The van der Waals surface area contributed by atoms with E-state index in [0.717, 1.165) is 0 Å². The molecular formula is C13H31N2OPSi. The molecule has 0 amide bonds. The van der Waals surface area contributed by atoms with Crippen LogP contribution in [0, 0.1) is 0 Å². The van der Waals surface area contributed by atoms with Crippen molar-refractivity contribution in [1.29, 1.82) is 0 Å². The van der Waals surface area contributed by atoms with Crippen molar-refractivity contribution >= 4 is 16.7 Å². The monoisotopic (exact) mass is 290 g/mol. The number of hydrogen-bond donors (Lipinski definition) is 1. The maximum atomic E-state index is 5.85. The van der Waals surface area contributed by atoms with E-state index in [1.165, 1.54) is 19.3 Å². The molecule has 1 aliphatic rings. The van der Waals surface area contributed by atoms with Crippen LogP contribution in [0.2, 0.25) is 19.6 Å². The predicted octanol–water partition coefficient (Wildman–Crippen LogP) is 4.33. The molecular weight excluding hydrogens is 259 g/mol. The maximum absolute atomic E-state index is 5.85. The number of piperidine rings is 1. The van der Waals surface area contributed by atoms with Gasteiger partial charge in [0.25, 0.3) is 0 Å². The quantitative estimate of drug-likeness (QED) is 0.616. The second-order valence-corrected chi connectivity index (χ2v) is 14.3. The molecule has 3 nitrogen and oxygen atoms in total. The second-order valence-electron chi connectivity index (χ2n) is 7.61. The standard InChI is InChI=1S/C13H31N2OPSi/c1-12(2)10-9-11-13(3,4)15(12)17(16-5)14-18(6,7)8/h14H,9-11H2,1-8H3. The topological polar surface area (TPSA) is 24.5 Å². The van der Waals surface area contributed by atoms with Crippen LogP contribution in [-0.4, -0.2) is 31.1 Å². The lowest BCUT2D eigenvalue weighted by molar-refractivity contribution is 0.0487. The van der Waals surface area contributed by atoms with Crippen molar-refractivity contribution in [3.05, 3.63) is 0 Å². The van der Waals surface area contributed by atoms with Gasteiger partial charge in [0.05, 0.1) is 0 Å². The van der Waals surface area contributed by atoms with E-state index >= 15 is 0 Å². The van der Waals surface area contributed by atoms with Gasteiger partial charge in [-0.3, -0.25) is 4.75 Å². The zero-order chi connectivity index (χ0) is 14.2. The molecule has 0 saturated carbocycles. The van der Waals surface area contributed by atoms with Gasteiger partial charge >= 0.3 is 0 Å². The molecule has 0 aromatic heterocycles. The molecule has 18 heavy (non-hydrogen) atoms. The van der Waals surface area contributed by atoms with Crippen molar-refractivity contribution < 1.29 is 4.52 Å². The Balaban J connectivity index is 2.98. The third-order valence-corrected chi connectivity index (χ3v) is 8.75. The van der Waals surface area contributed by atoms with Gasteiger partial charge in [-0.1, -0.05) is 19.6 Å². The first-order chi connectivity index (χ1) is 7.99. The van der Waals surface area contributed by atoms with Crippen LogP contribution >= 0.6 is 8.45 Å². The smallest absolute Gasteiger partial charge is 0.178 e. The molecule has 1 N–H and O–H groups in total. The highest BCUT2D eigenvalue weighted by molar-refractivity contribution is 7.50. The van der Waals surface area contributed by atoms with Gasteiger partial charge in [-0.2, -0.15) is 0 Å². The summed E-state index contributed by atoms with van der Waals surface area (Å²) in [5.74, 6) is 0. The van der Waals surface area contributed by atoms with Crippen LogP contribution in [0.25, 0.3) is 0 Å². The van der Waals surface area contributed by atoms with E-state index in [9.17, 15) is 0 Å². The predicted molar refractivity (Wildman–Crippen MR) is 84.3 cm³/mol. The molecule has 1 heterocycles. The van der Waals surface area contributed by atoms with Crippen molar-refractivity contribution in [3.8, 4) is 0 Å². The van der Waals surface area contributed by atoms with E-state index in [2.05, 4.69) is 56.8 Å². The fraction of sp³-hybridized carbons (Fsp3) is 1.00. The van der Waals surface area contributed by atoms with E-state index in [4.69, 9.17) is 4.52 Å². The molecule has 1 unspecified atom stereocenters. The van der Waals surface area contributed by atoms with Gasteiger partial charge in [0, 0.05) is 18.2 Å². The Morgan fingerprint density at radius 1 is 1.06 bits per heavy atom. The van der Waals surface area contributed by atoms with Gasteiger partial charge in [0.15, 0.2) is 8.45 Å². The Labute approximate surface area is 116 Å². The minimum Gasteiger partial charge on any atom is -0.335 e. The second kappa shape index (κ2) is 5.49. The van der Waals surface area contributed by atoms with E-state index in [1.54, 1.807) is 0 Å². The molecule has 1 saturated heterocycles. The number of nitrogens with one attached hydrogen (secondary N) is 1. The third-order valence-electron chi connectivity index (χ3n) is 3.51. The van der Waals surface area contributed by atoms with Gasteiger partial charge in [0.1, 0.15) is 8.24 Å². The maximum Gasteiger partial charge on any atom is 0.178 e. The van der Waals surface area contributed by atoms with E-state index in [-0.39, 0.29) is 11.1 Å².